The molecule has 152 valence electrons. The van der Waals surface area contributed by atoms with Crippen LogP contribution in [0.3, 0.4) is 0 Å². The number of aryl methyl sites for hydroxylation is 1. The molecule has 2 aromatic rings. The molecule has 29 heavy (non-hydrogen) atoms. The van der Waals surface area contributed by atoms with Gasteiger partial charge in [-0.3, -0.25) is 9.59 Å². The number of nitrogens with zero attached hydrogens (tertiary/aromatic N) is 2. The Labute approximate surface area is 172 Å². The highest BCUT2D eigenvalue weighted by molar-refractivity contribution is 5.97. The minimum absolute atomic E-state index is 0.0612. The molecule has 0 aromatic heterocycles. The zero-order valence-electron chi connectivity index (χ0n) is 17.1. The molecule has 0 unspecified atom stereocenters. The lowest BCUT2D eigenvalue weighted by Gasteiger charge is -2.21. The number of hydrogen-bond acceptors (Lipinski definition) is 3. The first-order valence-corrected chi connectivity index (χ1v) is 10.6. The number of rotatable bonds is 6. The summed E-state index contributed by atoms with van der Waals surface area (Å²) in [5, 5.41) is 3.02. The van der Waals surface area contributed by atoms with E-state index in [1.54, 1.807) is 0 Å². The van der Waals surface area contributed by atoms with Gasteiger partial charge in [0.25, 0.3) is 0 Å². The smallest absolute Gasteiger partial charge is 0.229 e. The predicted molar refractivity (Wildman–Crippen MR) is 116 cm³/mol. The molecule has 2 aliphatic rings. The van der Waals surface area contributed by atoms with Gasteiger partial charge in [-0.05, 0) is 55.5 Å². The molecule has 5 heteroatoms. The molecule has 0 radical (unpaired) electrons. The Morgan fingerprint density at radius 1 is 1.10 bits per heavy atom. The molecule has 0 bridgehead atoms. The lowest BCUT2D eigenvalue weighted by Crippen LogP contribution is -2.30. The second-order valence-corrected chi connectivity index (χ2v) is 8.16. The van der Waals surface area contributed by atoms with E-state index in [-0.39, 0.29) is 17.7 Å². The molecule has 1 N–H and O–H groups in total. The van der Waals surface area contributed by atoms with Crippen LogP contribution in [0.4, 0.5) is 11.4 Å². The number of benzene rings is 2. The lowest BCUT2D eigenvalue weighted by molar-refractivity contribution is -0.128. The van der Waals surface area contributed by atoms with E-state index in [0.29, 0.717) is 19.5 Å². The summed E-state index contributed by atoms with van der Waals surface area (Å²) in [4.78, 5) is 29.3. The van der Waals surface area contributed by atoms with Crippen LogP contribution in [0, 0.1) is 12.8 Å². The van der Waals surface area contributed by atoms with Gasteiger partial charge < -0.3 is 15.1 Å². The monoisotopic (exact) mass is 391 g/mol. The Balaban J connectivity index is 1.33. The highest BCUT2D eigenvalue weighted by atomic mass is 16.2. The topological polar surface area (TPSA) is 52.7 Å². The van der Waals surface area contributed by atoms with Crippen LogP contribution < -0.4 is 10.2 Å². The van der Waals surface area contributed by atoms with Crippen LogP contribution in [0.2, 0.25) is 0 Å². The highest BCUT2D eigenvalue weighted by Gasteiger charge is 2.34. The number of amides is 2. The zero-order chi connectivity index (χ0) is 20.2. The van der Waals surface area contributed by atoms with E-state index in [2.05, 4.69) is 35.3 Å². The predicted octanol–water partition coefficient (Wildman–Crippen LogP) is 3.62. The molecule has 2 amide bonds. The zero-order valence-corrected chi connectivity index (χ0v) is 17.1. The Morgan fingerprint density at radius 2 is 1.86 bits per heavy atom. The summed E-state index contributed by atoms with van der Waals surface area (Å²) in [7, 11) is 0. The van der Waals surface area contributed by atoms with Gasteiger partial charge in [-0.15, -0.1) is 0 Å². The third kappa shape index (κ3) is 4.61. The normalized spacial score (nSPS) is 19.1. The van der Waals surface area contributed by atoms with Crippen LogP contribution in [-0.4, -0.2) is 42.9 Å². The first kappa shape index (κ1) is 19.5. The van der Waals surface area contributed by atoms with Crippen LogP contribution in [0.1, 0.15) is 30.4 Å². The largest absolute Gasteiger partial charge is 0.371 e. The van der Waals surface area contributed by atoms with Crippen LogP contribution >= 0.6 is 0 Å². The number of likely N-dealkylation sites (tertiary alicyclic amines) is 1. The SMILES string of the molecule is Cc1cc(NC(=O)[C@H]2CC(=O)N(CCc3ccccc3)C2)ccc1N1CCCC1. The van der Waals surface area contributed by atoms with Gasteiger partial charge in [0.05, 0.1) is 5.92 Å². The van der Waals surface area contributed by atoms with Crippen molar-refractivity contribution in [2.45, 2.75) is 32.6 Å². The van der Waals surface area contributed by atoms with Crippen LogP contribution in [0.15, 0.2) is 48.5 Å². The average molecular weight is 392 g/mol. The van der Waals surface area contributed by atoms with E-state index >= 15 is 0 Å². The molecule has 2 heterocycles. The summed E-state index contributed by atoms with van der Waals surface area (Å²) in [6.07, 6.45) is 3.60. The molecule has 0 aliphatic carbocycles. The number of carbonyl (C=O) groups excluding carboxylic acids is 2. The van der Waals surface area contributed by atoms with E-state index in [0.717, 1.165) is 25.2 Å². The molecule has 2 fully saturated rings. The van der Waals surface area contributed by atoms with Crippen LogP contribution in [0.25, 0.3) is 0 Å². The van der Waals surface area contributed by atoms with Crippen molar-refractivity contribution in [2.24, 2.45) is 5.92 Å². The van der Waals surface area contributed by atoms with Gasteiger partial charge in [0.2, 0.25) is 11.8 Å². The van der Waals surface area contributed by atoms with Crippen molar-refractivity contribution in [2.75, 3.05) is 36.4 Å². The number of anilines is 2. The summed E-state index contributed by atoms with van der Waals surface area (Å²) in [5.41, 5.74) is 4.45. The van der Waals surface area contributed by atoms with Crippen molar-refractivity contribution < 1.29 is 9.59 Å². The lowest BCUT2D eigenvalue weighted by atomic mass is 10.1. The summed E-state index contributed by atoms with van der Waals surface area (Å²) >= 11 is 0. The van der Waals surface area contributed by atoms with E-state index < -0.39 is 0 Å². The summed E-state index contributed by atoms with van der Waals surface area (Å²) in [6, 6.07) is 16.3. The first-order chi connectivity index (χ1) is 14.1. The fourth-order valence-corrected chi connectivity index (χ4v) is 4.36. The van der Waals surface area contributed by atoms with Gasteiger partial charge >= 0.3 is 0 Å². The molecule has 1 atom stereocenters. The van der Waals surface area contributed by atoms with Crippen molar-refractivity contribution in [1.29, 1.82) is 0 Å². The molecule has 2 aliphatic heterocycles. The highest BCUT2D eigenvalue weighted by Crippen LogP contribution is 2.27. The minimum Gasteiger partial charge on any atom is -0.371 e. The van der Waals surface area contributed by atoms with Gasteiger partial charge in [0.15, 0.2) is 0 Å². The Morgan fingerprint density at radius 3 is 2.59 bits per heavy atom. The summed E-state index contributed by atoms with van der Waals surface area (Å²) < 4.78 is 0. The Bertz CT molecular complexity index is 875. The maximum Gasteiger partial charge on any atom is 0.229 e. The maximum atomic E-state index is 12.7. The molecular weight excluding hydrogens is 362 g/mol. The fourth-order valence-electron chi connectivity index (χ4n) is 4.36. The fraction of sp³-hybridized carbons (Fsp3) is 0.417. The third-order valence-corrected chi connectivity index (χ3v) is 6.01. The van der Waals surface area contributed by atoms with E-state index in [1.165, 1.54) is 29.7 Å². The quantitative estimate of drug-likeness (QED) is 0.818. The van der Waals surface area contributed by atoms with Crippen LogP contribution in [-0.2, 0) is 16.0 Å². The second-order valence-electron chi connectivity index (χ2n) is 8.16. The minimum atomic E-state index is -0.281. The van der Waals surface area contributed by atoms with E-state index in [9.17, 15) is 9.59 Å². The van der Waals surface area contributed by atoms with E-state index in [4.69, 9.17) is 0 Å². The number of hydrogen-bond donors (Lipinski definition) is 1. The standard InChI is InChI=1S/C24H29N3O2/c1-18-15-21(9-10-22(18)26-12-5-6-13-26)25-24(29)20-16-23(28)27(17-20)14-11-19-7-3-2-4-8-19/h2-4,7-10,15,20H,5-6,11-14,16-17H2,1H3,(H,25,29)/t20-/m0/s1. The van der Waals surface area contributed by atoms with Crippen molar-refractivity contribution in [3.05, 3.63) is 59.7 Å². The number of carbonyl (C=O) groups is 2. The Kier molecular flexibility index (Phi) is 5.84. The second kappa shape index (κ2) is 8.68. The van der Waals surface area contributed by atoms with Crippen molar-refractivity contribution in [1.82, 2.24) is 4.90 Å². The summed E-state index contributed by atoms with van der Waals surface area (Å²) in [6.45, 7) is 5.47. The maximum absolute atomic E-state index is 12.7. The Hall–Kier alpha value is -2.82. The van der Waals surface area contributed by atoms with Gasteiger partial charge in [-0.25, -0.2) is 0 Å². The first-order valence-electron chi connectivity index (χ1n) is 10.6. The van der Waals surface area contributed by atoms with Crippen molar-refractivity contribution >= 4 is 23.2 Å². The van der Waals surface area contributed by atoms with Gasteiger partial charge in [-0.2, -0.15) is 0 Å². The van der Waals surface area contributed by atoms with Crippen molar-refractivity contribution in [3.8, 4) is 0 Å². The van der Waals surface area contributed by atoms with Gasteiger partial charge in [-0.1, -0.05) is 30.3 Å². The average Bonchev–Trinajstić information content (AvgIpc) is 3.37. The molecule has 5 nitrogen and oxygen atoms in total. The molecule has 4 rings (SSSR count). The molecule has 2 aromatic carbocycles. The molecule has 2 saturated heterocycles. The molecule has 0 spiro atoms. The van der Waals surface area contributed by atoms with Crippen molar-refractivity contribution in [3.63, 3.8) is 0 Å². The van der Waals surface area contributed by atoms with E-state index in [1.807, 2.05) is 35.2 Å². The summed E-state index contributed by atoms with van der Waals surface area (Å²) in [5.74, 6) is -0.271. The van der Waals surface area contributed by atoms with Gasteiger partial charge in [0.1, 0.15) is 0 Å². The number of nitrogens with one attached hydrogen (secondary N) is 1. The van der Waals surface area contributed by atoms with Gasteiger partial charge in [0, 0.05) is 44.0 Å². The molecule has 0 saturated carbocycles. The van der Waals surface area contributed by atoms with Crippen LogP contribution in [0.5, 0.6) is 0 Å². The molecular formula is C24H29N3O2. The third-order valence-electron chi connectivity index (χ3n) is 6.01.